The van der Waals surface area contributed by atoms with Crippen molar-refractivity contribution in [3.05, 3.63) is 101 Å². The van der Waals surface area contributed by atoms with Gasteiger partial charge in [-0.3, -0.25) is 29.4 Å². The zero-order chi connectivity index (χ0) is 17.1. The number of hydrogen-bond acceptors (Lipinski definition) is 4. The minimum atomic E-state index is -0.348. The third-order valence-electron chi connectivity index (χ3n) is 3.48. The van der Waals surface area contributed by atoms with E-state index in [0.717, 1.165) is 11.1 Å². The first-order valence-corrected chi connectivity index (χ1v) is 7.19. The second-order valence-electron chi connectivity index (χ2n) is 5.28. The van der Waals surface area contributed by atoms with Crippen molar-refractivity contribution in [2.45, 2.75) is 13.1 Å². The second kappa shape index (κ2) is 6.37. The van der Waals surface area contributed by atoms with Crippen LogP contribution < -0.4 is 22.2 Å². The molecule has 3 rings (SSSR count). The molecule has 0 unspecified atom stereocenters. The molecule has 2 aromatic heterocycles. The maximum absolute atomic E-state index is 11.7. The minimum Gasteiger partial charge on any atom is -0.268 e. The second-order valence-corrected chi connectivity index (χ2v) is 5.28. The van der Waals surface area contributed by atoms with Gasteiger partial charge in [-0.15, -0.1) is 0 Å². The van der Waals surface area contributed by atoms with E-state index in [-0.39, 0.29) is 35.3 Å². The summed E-state index contributed by atoms with van der Waals surface area (Å²) in [6, 6.07) is 12.0. The Balaban J connectivity index is 1.81. The average molecular weight is 326 g/mol. The van der Waals surface area contributed by atoms with Crippen molar-refractivity contribution in [2.24, 2.45) is 0 Å². The fourth-order valence-electron chi connectivity index (χ4n) is 2.27. The van der Waals surface area contributed by atoms with Crippen LogP contribution in [0.15, 0.2) is 67.7 Å². The molecular formula is C16H14N4O4. The zero-order valence-electron chi connectivity index (χ0n) is 12.6. The topological polar surface area (TPSA) is 110 Å². The largest absolute Gasteiger partial charge is 0.268 e. The van der Waals surface area contributed by atoms with E-state index in [2.05, 4.69) is 10.2 Å². The monoisotopic (exact) mass is 326 g/mol. The predicted molar refractivity (Wildman–Crippen MR) is 87.3 cm³/mol. The maximum Gasteiger partial charge on any atom is 0.265 e. The number of hydrogen-bond donors (Lipinski definition) is 2. The van der Waals surface area contributed by atoms with Gasteiger partial charge < -0.3 is 0 Å². The Hall–Kier alpha value is -3.42. The molecule has 8 heteroatoms. The zero-order valence-corrected chi connectivity index (χ0v) is 12.6. The van der Waals surface area contributed by atoms with E-state index in [1.165, 1.54) is 33.6 Å². The van der Waals surface area contributed by atoms with Crippen LogP contribution in [-0.2, 0) is 13.1 Å². The molecule has 0 radical (unpaired) electrons. The Morgan fingerprint density at radius 2 is 0.958 bits per heavy atom. The Bertz CT molecular complexity index is 998. The smallest absolute Gasteiger partial charge is 0.265 e. The summed E-state index contributed by atoms with van der Waals surface area (Å²) in [7, 11) is 0. The molecule has 0 atom stereocenters. The Morgan fingerprint density at radius 1 is 0.583 bits per heavy atom. The number of aromatic amines is 2. The van der Waals surface area contributed by atoms with Gasteiger partial charge in [0.15, 0.2) is 0 Å². The predicted octanol–water partition coefficient (Wildman–Crippen LogP) is -0.517. The molecule has 0 saturated carbocycles. The van der Waals surface area contributed by atoms with Crippen molar-refractivity contribution in [3.8, 4) is 0 Å². The molecule has 1 aromatic carbocycles. The Morgan fingerprint density at radius 3 is 1.33 bits per heavy atom. The number of nitrogens with one attached hydrogen (secondary N) is 2. The lowest BCUT2D eigenvalue weighted by atomic mass is 10.1. The normalized spacial score (nSPS) is 10.7. The van der Waals surface area contributed by atoms with E-state index in [4.69, 9.17) is 0 Å². The van der Waals surface area contributed by atoms with E-state index in [1.807, 2.05) is 0 Å². The molecule has 8 nitrogen and oxygen atoms in total. The van der Waals surface area contributed by atoms with Gasteiger partial charge in [0.2, 0.25) is 0 Å². The summed E-state index contributed by atoms with van der Waals surface area (Å²) >= 11 is 0. The number of H-pyrrole nitrogens is 2. The average Bonchev–Trinajstić information content (AvgIpc) is 2.56. The first kappa shape index (κ1) is 15.5. The highest BCUT2D eigenvalue weighted by Crippen LogP contribution is 2.05. The van der Waals surface area contributed by atoms with Gasteiger partial charge in [-0.1, -0.05) is 24.3 Å². The van der Waals surface area contributed by atoms with Gasteiger partial charge in [-0.2, -0.15) is 0 Å². The SMILES string of the molecule is O=c1ccc(=O)n(Cc2ccc(Cn3[nH]c(=O)ccc3=O)cc2)[nH]1. The highest BCUT2D eigenvalue weighted by Gasteiger charge is 2.02. The van der Waals surface area contributed by atoms with Crippen molar-refractivity contribution < 1.29 is 0 Å². The van der Waals surface area contributed by atoms with E-state index >= 15 is 0 Å². The lowest BCUT2D eigenvalue weighted by Crippen LogP contribution is -2.28. The quantitative estimate of drug-likeness (QED) is 0.672. The van der Waals surface area contributed by atoms with Crippen molar-refractivity contribution in [2.75, 3.05) is 0 Å². The molecule has 0 amide bonds. The van der Waals surface area contributed by atoms with Gasteiger partial charge in [-0.05, 0) is 11.1 Å². The summed E-state index contributed by atoms with van der Waals surface area (Å²) in [5.41, 5.74) is 0.338. The molecule has 0 saturated heterocycles. The van der Waals surface area contributed by atoms with Crippen molar-refractivity contribution in [1.29, 1.82) is 0 Å². The molecule has 0 spiro atoms. The van der Waals surface area contributed by atoms with Crippen molar-refractivity contribution in [3.63, 3.8) is 0 Å². The summed E-state index contributed by atoms with van der Waals surface area (Å²) in [6.45, 7) is 0.467. The van der Waals surface area contributed by atoms with Crippen LogP contribution in [0.4, 0.5) is 0 Å². The number of benzene rings is 1. The number of rotatable bonds is 4. The number of nitrogens with zero attached hydrogens (tertiary/aromatic N) is 2. The van der Waals surface area contributed by atoms with Crippen LogP contribution in [0, 0.1) is 0 Å². The van der Waals surface area contributed by atoms with E-state index < -0.39 is 0 Å². The van der Waals surface area contributed by atoms with Gasteiger partial charge in [-0.25, -0.2) is 9.36 Å². The summed E-state index contributed by atoms with van der Waals surface area (Å²) in [5.74, 6) is 0. The van der Waals surface area contributed by atoms with Crippen LogP contribution in [0.2, 0.25) is 0 Å². The fraction of sp³-hybridized carbons (Fsp3) is 0.125. The van der Waals surface area contributed by atoms with Crippen molar-refractivity contribution in [1.82, 2.24) is 19.6 Å². The summed E-state index contributed by atoms with van der Waals surface area (Å²) in [6.07, 6.45) is 0. The molecule has 0 aliphatic carbocycles. The first-order chi connectivity index (χ1) is 11.5. The Labute approximate surface area is 134 Å². The third kappa shape index (κ3) is 3.49. The lowest BCUT2D eigenvalue weighted by molar-refractivity contribution is 0.621. The van der Waals surface area contributed by atoms with E-state index in [0.29, 0.717) is 0 Å². The van der Waals surface area contributed by atoms with Gasteiger partial charge in [0, 0.05) is 24.3 Å². The van der Waals surface area contributed by atoms with Gasteiger partial charge in [0.1, 0.15) is 0 Å². The first-order valence-electron chi connectivity index (χ1n) is 7.19. The highest BCUT2D eigenvalue weighted by molar-refractivity contribution is 5.22. The summed E-state index contributed by atoms with van der Waals surface area (Å²) < 4.78 is 2.44. The van der Waals surface area contributed by atoms with Gasteiger partial charge in [0.05, 0.1) is 13.1 Å². The summed E-state index contributed by atoms with van der Waals surface area (Å²) in [4.78, 5) is 45.9. The van der Waals surface area contributed by atoms with Crippen LogP contribution in [0.5, 0.6) is 0 Å². The van der Waals surface area contributed by atoms with Gasteiger partial charge in [0.25, 0.3) is 22.2 Å². The van der Waals surface area contributed by atoms with E-state index in [1.54, 1.807) is 24.3 Å². The van der Waals surface area contributed by atoms with Gasteiger partial charge >= 0.3 is 0 Å². The lowest BCUT2D eigenvalue weighted by Gasteiger charge is -2.08. The van der Waals surface area contributed by atoms with E-state index in [9.17, 15) is 19.2 Å². The highest BCUT2D eigenvalue weighted by atomic mass is 16.2. The molecule has 0 aliphatic heterocycles. The maximum atomic E-state index is 11.7. The molecule has 0 fully saturated rings. The van der Waals surface area contributed by atoms with Crippen LogP contribution in [0.1, 0.15) is 11.1 Å². The molecule has 24 heavy (non-hydrogen) atoms. The van der Waals surface area contributed by atoms with Crippen LogP contribution >= 0.6 is 0 Å². The standard InChI is InChI=1S/C16H14N4O4/c21-13-5-7-15(23)19(17-13)9-11-1-2-12(4-3-11)10-20-16(24)8-6-14(22)18-20/h1-8H,9-10H2,(H,17,21)(H,18,22). The molecule has 3 aromatic rings. The summed E-state index contributed by atoms with van der Waals surface area (Å²) in [5, 5.41) is 4.91. The fourth-order valence-corrected chi connectivity index (χ4v) is 2.27. The molecule has 122 valence electrons. The molecule has 0 bridgehead atoms. The van der Waals surface area contributed by atoms with Crippen LogP contribution in [-0.4, -0.2) is 19.6 Å². The molecule has 2 N–H and O–H groups in total. The van der Waals surface area contributed by atoms with Crippen molar-refractivity contribution >= 4 is 0 Å². The molecular weight excluding hydrogens is 312 g/mol. The molecule has 0 aliphatic rings. The minimum absolute atomic E-state index is 0.233. The van der Waals surface area contributed by atoms with Crippen LogP contribution in [0.25, 0.3) is 0 Å². The number of aromatic nitrogens is 4. The Kier molecular flexibility index (Phi) is 4.11. The van der Waals surface area contributed by atoms with Crippen LogP contribution in [0.3, 0.4) is 0 Å². The molecule has 2 heterocycles. The third-order valence-corrected chi connectivity index (χ3v) is 3.48.